The number of carboxylic acids is 2. The Morgan fingerprint density at radius 2 is 1.43 bits per heavy atom. The van der Waals surface area contributed by atoms with E-state index in [4.69, 9.17) is 15.6 Å². The minimum atomic E-state index is -5.08. The largest absolute Gasteiger partial charge is 0.490 e. The van der Waals surface area contributed by atoms with Crippen LogP contribution in [0.1, 0.15) is 16.8 Å². The molecule has 3 rings (SSSR count). The Bertz CT molecular complexity index is 1240. The first kappa shape index (κ1) is 29.2. The summed E-state index contributed by atoms with van der Waals surface area (Å²) >= 11 is 0. The topological polar surface area (TPSA) is 146 Å². The van der Waals surface area contributed by atoms with Crippen LogP contribution in [0.3, 0.4) is 0 Å². The van der Waals surface area contributed by atoms with Gasteiger partial charge in [-0.05, 0) is 23.6 Å². The first-order valence-corrected chi connectivity index (χ1v) is 10.4. The molecule has 200 valence electrons. The molecule has 0 fully saturated rings. The van der Waals surface area contributed by atoms with Gasteiger partial charge in [-0.2, -0.15) is 26.3 Å². The van der Waals surface area contributed by atoms with Crippen LogP contribution >= 0.6 is 0 Å². The molecular weight excluding hydrogens is 512 g/mol. The van der Waals surface area contributed by atoms with E-state index in [1.165, 1.54) is 12.1 Å². The fraction of sp³-hybridized carbons (Fsp3) is 0.261. The molecule has 3 aromatic rings. The molecular formula is C23H21F6N3O5. The lowest BCUT2D eigenvalue weighted by molar-refractivity contribution is -0.192. The highest BCUT2D eigenvalue weighted by atomic mass is 19.4. The third kappa shape index (κ3) is 8.24. The van der Waals surface area contributed by atoms with E-state index in [-0.39, 0.29) is 22.9 Å². The molecule has 0 saturated heterocycles. The average Bonchev–Trinajstić information content (AvgIpc) is 3.18. The fourth-order valence-electron chi connectivity index (χ4n) is 3.30. The van der Waals surface area contributed by atoms with Crippen LogP contribution in [0.5, 0.6) is 0 Å². The number of H-pyrrole nitrogens is 1. The molecule has 0 aliphatic rings. The second-order valence-corrected chi connectivity index (χ2v) is 7.72. The van der Waals surface area contributed by atoms with Gasteiger partial charge in [0.2, 0.25) is 5.91 Å². The Morgan fingerprint density at radius 3 is 1.95 bits per heavy atom. The van der Waals surface area contributed by atoms with E-state index < -0.39 is 54.4 Å². The number of carboxylic acid groups (broad SMARTS) is 2. The molecule has 37 heavy (non-hydrogen) atoms. The molecule has 0 aliphatic carbocycles. The van der Waals surface area contributed by atoms with Gasteiger partial charge in [0.15, 0.2) is 0 Å². The molecule has 0 aliphatic heterocycles. The van der Waals surface area contributed by atoms with Gasteiger partial charge in [-0.1, -0.05) is 48.5 Å². The van der Waals surface area contributed by atoms with Crippen molar-refractivity contribution in [2.24, 2.45) is 5.73 Å². The number of hydrogen-bond donors (Lipinski definition) is 5. The van der Waals surface area contributed by atoms with Crippen molar-refractivity contribution < 1.29 is 50.9 Å². The number of fused-ring (bicyclic) bond motifs is 1. The number of nitrogens with two attached hydrogens (primary N) is 1. The number of carbonyl (C=O) groups is 3. The van der Waals surface area contributed by atoms with Crippen LogP contribution in [-0.4, -0.2) is 51.3 Å². The maximum Gasteiger partial charge on any atom is 0.490 e. The van der Waals surface area contributed by atoms with Crippen LogP contribution in [0.25, 0.3) is 10.9 Å². The molecule has 0 bridgehead atoms. The Kier molecular flexibility index (Phi) is 9.28. The van der Waals surface area contributed by atoms with Crippen LogP contribution < -0.4 is 11.1 Å². The van der Waals surface area contributed by atoms with Gasteiger partial charge < -0.3 is 26.2 Å². The van der Waals surface area contributed by atoms with Crippen molar-refractivity contribution >= 4 is 28.7 Å². The van der Waals surface area contributed by atoms with Crippen LogP contribution in [-0.2, 0) is 33.4 Å². The number of alkyl halides is 6. The van der Waals surface area contributed by atoms with Crippen LogP contribution in [0, 0.1) is 0 Å². The first-order valence-electron chi connectivity index (χ1n) is 10.4. The number of rotatable bonds is 7. The van der Waals surface area contributed by atoms with E-state index in [0.717, 1.165) is 5.56 Å². The molecule has 1 unspecified atom stereocenters. The number of benzene rings is 2. The maximum absolute atomic E-state index is 13.5. The summed E-state index contributed by atoms with van der Waals surface area (Å²) in [5, 5.41) is 19.2. The predicted octanol–water partition coefficient (Wildman–Crippen LogP) is 3.50. The van der Waals surface area contributed by atoms with Gasteiger partial charge >= 0.3 is 24.3 Å². The highest BCUT2D eigenvalue weighted by Crippen LogP contribution is 2.36. The number of para-hydroxylation sites is 1. The van der Waals surface area contributed by atoms with E-state index in [9.17, 15) is 41.0 Å². The molecule has 0 radical (unpaired) electrons. The van der Waals surface area contributed by atoms with E-state index in [2.05, 4.69) is 10.3 Å². The Morgan fingerprint density at radius 1 is 0.892 bits per heavy atom. The molecule has 2 aromatic carbocycles. The van der Waals surface area contributed by atoms with E-state index >= 15 is 0 Å². The first-order chi connectivity index (χ1) is 17.1. The molecule has 2 atom stereocenters. The summed E-state index contributed by atoms with van der Waals surface area (Å²) in [6.45, 7) is 0. The molecule has 1 amide bonds. The summed E-state index contributed by atoms with van der Waals surface area (Å²) in [4.78, 5) is 35.3. The monoisotopic (exact) mass is 533 g/mol. The highest BCUT2D eigenvalue weighted by Gasteiger charge is 2.39. The molecule has 8 nitrogen and oxygen atoms in total. The van der Waals surface area contributed by atoms with E-state index in [0.29, 0.717) is 0 Å². The Balaban J connectivity index is 0.000000604. The van der Waals surface area contributed by atoms with Gasteiger partial charge in [-0.3, -0.25) is 4.79 Å². The molecule has 0 saturated carbocycles. The number of halogens is 6. The number of aliphatic carboxylic acids is 2. The summed E-state index contributed by atoms with van der Waals surface area (Å²) in [5.74, 6) is -4.96. The highest BCUT2D eigenvalue weighted by molar-refractivity contribution is 5.89. The van der Waals surface area contributed by atoms with Crippen molar-refractivity contribution in [3.8, 4) is 0 Å². The Labute approximate surface area is 205 Å². The quantitative estimate of drug-likeness (QED) is 0.294. The van der Waals surface area contributed by atoms with Crippen LogP contribution in [0.4, 0.5) is 26.3 Å². The van der Waals surface area contributed by atoms with Crippen molar-refractivity contribution in [3.63, 3.8) is 0 Å². The second-order valence-electron chi connectivity index (χ2n) is 7.72. The molecule has 14 heteroatoms. The van der Waals surface area contributed by atoms with Crippen molar-refractivity contribution in [2.75, 3.05) is 0 Å². The lowest BCUT2D eigenvalue weighted by Gasteiger charge is -2.19. The van der Waals surface area contributed by atoms with Crippen molar-refractivity contribution in [3.05, 3.63) is 71.4 Å². The second kappa shape index (κ2) is 11.8. The zero-order valence-corrected chi connectivity index (χ0v) is 18.7. The number of aromatic nitrogens is 1. The number of hydrogen-bond acceptors (Lipinski definition) is 4. The SMILES string of the molecule is NC(Cc1ccccc1)C(=O)N[C@@H](Cc1c(C(F)(F)F)[nH]c2ccccc12)C(=O)O.O=C(O)C(F)(F)F. The summed E-state index contributed by atoms with van der Waals surface area (Å²) in [6.07, 6.45) is -10.2. The van der Waals surface area contributed by atoms with E-state index in [1.54, 1.807) is 42.5 Å². The summed E-state index contributed by atoms with van der Waals surface area (Å²) < 4.78 is 72.2. The van der Waals surface area contributed by atoms with Crippen molar-refractivity contribution in [1.82, 2.24) is 10.3 Å². The minimum absolute atomic E-state index is 0.167. The number of amides is 1. The average molecular weight is 533 g/mol. The number of carbonyl (C=O) groups excluding carboxylic acids is 1. The summed E-state index contributed by atoms with van der Waals surface area (Å²) in [7, 11) is 0. The smallest absolute Gasteiger partial charge is 0.480 e. The van der Waals surface area contributed by atoms with Crippen LogP contribution in [0.15, 0.2) is 54.6 Å². The Hall–Kier alpha value is -4.07. The minimum Gasteiger partial charge on any atom is -0.480 e. The fourth-order valence-corrected chi connectivity index (χ4v) is 3.30. The number of aromatic amines is 1. The normalized spacial score (nSPS) is 13.3. The third-order valence-electron chi connectivity index (χ3n) is 5.00. The zero-order chi connectivity index (χ0) is 28.0. The van der Waals surface area contributed by atoms with Gasteiger partial charge in [0.05, 0.1) is 6.04 Å². The van der Waals surface area contributed by atoms with Gasteiger partial charge in [0.25, 0.3) is 0 Å². The summed E-state index contributed by atoms with van der Waals surface area (Å²) in [6, 6.07) is 12.3. The van der Waals surface area contributed by atoms with Crippen molar-refractivity contribution in [2.45, 2.75) is 37.3 Å². The third-order valence-corrected chi connectivity index (χ3v) is 5.00. The van der Waals surface area contributed by atoms with Crippen molar-refractivity contribution in [1.29, 1.82) is 0 Å². The predicted molar refractivity (Wildman–Crippen MR) is 118 cm³/mol. The van der Waals surface area contributed by atoms with Gasteiger partial charge in [0.1, 0.15) is 11.7 Å². The zero-order valence-electron chi connectivity index (χ0n) is 18.7. The van der Waals surface area contributed by atoms with Gasteiger partial charge in [-0.25, -0.2) is 9.59 Å². The van der Waals surface area contributed by atoms with Crippen LogP contribution in [0.2, 0.25) is 0 Å². The molecule has 1 aromatic heterocycles. The molecule has 0 spiro atoms. The van der Waals surface area contributed by atoms with E-state index in [1.807, 2.05) is 0 Å². The summed E-state index contributed by atoms with van der Waals surface area (Å²) in [5.41, 5.74) is 5.63. The molecule has 6 N–H and O–H groups in total. The van der Waals surface area contributed by atoms with Gasteiger partial charge in [0, 0.05) is 17.3 Å². The lowest BCUT2D eigenvalue weighted by atomic mass is 10.0. The molecule has 1 heterocycles. The maximum atomic E-state index is 13.5. The standard InChI is InChI=1S/C21H20F3N3O3.C2HF3O2/c22-21(23,24)18-14(13-8-4-5-9-16(13)26-18)11-17(20(29)30)27-19(28)15(25)10-12-6-2-1-3-7-12;3-2(4,5)1(6)7/h1-9,15,17,26H,10-11,25H2,(H,27,28)(H,29,30);(H,6,7)/t15?,17-;/m0./s1. The lowest BCUT2D eigenvalue weighted by Crippen LogP contribution is -2.50. The number of nitrogens with one attached hydrogen (secondary N) is 2. The van der Waals surface area contributed by atoms with Gasteiger partial charge in [-0.15, -0.1) is 0 Å².